The normalized spacial score (nSPS) is 17.8. The molecule has 0 amide bonds. The summed E-state index contributed by atoms with van der Waals surface area (Å²) < 4.78 is 18.8. The van der Waals surface area contributed by atoms with Gasteiger partial charge in [0.1, 0.15) is 11.5 Å². The molecule has 1 aliphatic rings. The molecule has 20 heavy (non-hydrogen) atoms. The Bertz CT molecular complexity index is 513. The van der Waals surface area contributed by atoms with E-state index in [9.17, 15) is 14.5 Å². The molecular formula is C14H19FN2O3. The molecule has 1 aromatic rings. The Morgan fingerprint density at radius 2 is 2.10 bits per heavy atom. The SMILES string of the molecule is Cc1cc(NCC2(C)CCOCC2)c([N+](=O)[O-])cc1F. The van der Waals surface area contributed by atoms with Crippen LogP contribution in [-0.2, 0) is 4.74 Å². The molecule has 0 bridgehead atoms. The largest absolute Gasteiger partial charge is 0.381 e. The number of hydrogen-bond donors (Lipinski definition) is 1. The van der Waals surface area contributed by atoms with Crippen LogP contribution in [0.25, 0.3) is 0 Å². The zero-order chi connectivity index (χ0) is 14.8. The van der Waals surface area contributed by atoms with Crippen molar-refractivity contribution >= 4 is 11.4 Å². The van der Waals surface area contributed by atoms with E-state index < -0.39 is 10.7 Å². The number of benzene rings is 1. The van der Waals surface area contributed by atoms with E-state index in [2.05, 4.69) is 12.2 Å². The third kappa shape index (κ3) is 3.25. The van der Waals surface area contributed by atoms with Gasteiger partial charge in [0.25, 0.3) is 5.69 Å². The molecule has 1 aromatic carbocycles. The van der Waals surface area contributed by atoms with Crippen molar-refractivity contribution in [1.82, 2.24) is 0 Å². The van der Waals surface area contributed by atoms with Gasteiger partial charge in [-0.05, 0) is 36.8 Å². The predicted octanol–water partition coefficient (Wildman–Crippen LogP) is 3.27. The van der Waals surface area contributed by atoms with E-state index in [4.69, 9.17) is 4.74 Å². The van der Waals surface area contributed by atoms with Gasteiger partial charge in [-0.1, -0.05) is 6.92 Å². The second kappa shape index (κ2) is 5.75. The number of halogens is 1. The summed E-state index contributed by atoms with van der Waals surface area (Å²) in [5, 5.41) is 14.1. The lowest BCUT2D eigenvalue weighted by molar-refractivity contribution is -0.384. The molecule has 2 rings (SSSR count). The maximum atomic E-state index is 13.4. The molecule has 0 aromatic heterocycles. The van der Waals surface area contributed by atoms with Crippen molar-refractivity contribution in [2.75, 3.05) is 25.1 Å². The standard InChI is InChI=1S/C14H19FN2O3/c1-10-7-12(13(17(18)19)8-11(10)15)16-9-14(2)3-5-20-6-4-14/h7-8,16H,3-6,9H2,1-2H3. The van der Waals surface area contributed by atoms with Gasteiger partial charge in [0.05, 0.1) is 11.0 Å². The molecule has 0 spiro atoms. The zero-order valence-electron chi connectivity index (χ0n) is 11.7. The summed E-state index contributed by atoms with van der Waals surface area (Å²) in [6.45, 7) is 5.76. The minimum atomic E-state index is -0.558. The molecule has 0 unspecified atom stereocenters. The topological polar surface area (TPSA) is 64.4 Å². The van der Waals surface area contributed by atoms with Gasteiger partial charge in [0.15, 0.2) is 0 Å². The molecule has 110 valence electrons. The van der Waals surface area contributed by atoms with Crippen molar-refractivity contribution in [2.45, 2.75) is 26.7 Å². The first kappa shape index (κ1) is 14.7. The highest BCUT2D eigenvalue weighted by molar-refractivity contribution is 5.63. The van der Waals surface area contributed by atoms with Crippen LogP contribution in [0.2, 0.25) is 0 Å². The summed E-state index contributed by atoms with van der Waals surface area (Å²) in [5.74, 6) is -0.556. The number of aryl methyl sites for hydroxylation is 1. The average Bonchev–Trinajstić information content (AvgIpc) is 2.40. The first-order chi connectivity index (χ1) is 9.41. The molecule has 1 aliphatic heterocycles. The number of nitrogens with zero attached hydrogens (tertiary/aromatic N) is 1. The van der Waals surface area contributed by atoms with Crippen molar-refractivity contribution in [1.29, 1.82) is 0 Å². The molecule has 1 N–H and O–H groups in total. The molecule has 6 heteroatoms. The van der Waals surface area contributed by atoms with Crippen LogP contribution >= 0.6 is 0 Å². The van der Waals surface area contributed by atoms with Crippen LogP contribution in [0.15, 0.2) is 12.1 Å². The summed E-state index contributed by atoms with van der Waals surface area (Å²) in [6.07, 6.45) is 1.82. The van der Waals surface area contributed by atoms with Gasteiger partial charge in [-0.3, -0.25) is 10.1 Å². The van der Waals surface area contributed by atoms with Gasteiger partial charge in [-0.15, -0.1) is 0 Å². The van der Waals surface area contributed by atoms with Crippen LogP contribution in [0.3, 0.4) is 0 Å². The van der Waals surface area contributed by atoms with Gasteiger partial charge >= 0.3 is 0 Å². The number of rotatable bonds is 4. The smallest absolute Gasteiger partial charge is 0.295 e. The summed E-state index contributed by atoms with van der Waals surface area (Å²) in [5.41, 5.74) is 0.606. The first-order valence-electron chi connectivity index (χ1n) is 6.67. The van der Waals surface area contributed by atoms with E-state index >= 15 is 0 Å². The number of nitro benzene ring substituents is 1. The lowest BCUT2D eigenvalue weighted by Gasteiger charge is -2.33. The maximum absolute atomic E-state index is 13.4. The molecule has 0 radical (unpaired) electrons. The minimum absolute atomic E-state index is 0.0500. The lowest BCUT2D eigenvalue weighted by atomic mass is 9.82. The van der Waals surface area contributed by atoms with Gasteiger partial charge in [0.2, 0.25) is 0 Å². The number of hydrogen-bond acceptors (Lipinski definition) is 4. The Labute approximate surface area is 117 Å². The molecule has 1 fully saturated rings. The number of ether oxygens (including phenoxy) is 1. The molecule has 5 nitrogen and oxygen atoms in total. The van der Waals surface area contributed by atoms with Crippen molar-refractivity contribution in [3.8, 4) is 0 Å². The summed E-state index contributed by atoms with van der Waals surface area (Å²) in [6, 6.07) is 2.47. The number of nitro groups is 1. The quantitative estimate of drug-likeness (QED) is 0.680. The van der Waals surface area contributed by atoms with Crippen molar-refractivity contribution in [3.63, 3.8) is 0 Å². The molecule has 0 saturated carbocycles. The Hall–Kier alpha value is -1.69. The van der Waals surface area contributed by atoms with E-state index in [0.717, 1.165) is 18.9 Å². The summed E-state index contributed by atoms with van der Waals surface area (Å²) >= 11 is 0. The Kier molecular flexibility index (Phi) is 4.23. The second-order valence-corrected chi connectivity index (χ2v) is 5.65. The zero-order valence-corrected chi connectivity index (χ0v) is 11.7. The van der Waals surface area contributed by atoms with Crippen LogP contribution in [0.4, 0.5) is 15.8 Å². The second-order valence-electron chi connectivity index (χ2n) is 5.65. The minimum Gasteiger partial charge on any atom is -0.381 e. The molecule has 0 aliphatic carbocycles. The van der Waals surface area contributed by atoms with Gasteiger partial charge in [-0.25, -0.2) is 4.39 Å². The van der Waals surface area contributed by atoms with E-state index in [0.29, 0.717) is 31.0 Å². The summed E-state index contributed by atoms with van der Waals surface area (Å²) in [4.78, 5) is 10.4. The van der Waals surface area contributed by atoms with Crippen molar-refractivity contribution < 1.29 is 14.1 Å². The van der Waals surface area contributed by atoms with Crippen LogP contribution in [0.1, 0.15) is 25.3 Å². The van der Waals surface area contributed by atoms with Crippen LogP contribution in [0.5, 0.6) is 0 Å². The van der Waals surface area contributed by atoms with E-state index in [1.165, 1.54) is 6.07 Å². The van der Waals surface area contributed by atoms with Crippen molar-refractivity contribution in [2.24, 2.45) is 5.41 Å². The van der Waals surface area contributed by atoms with E-state index in [1.807, 2.05) is 0 Å². The fraction of sp³-hybridized carbons (Fsp3) is 0.571. The van der Waals surface area contributed by atoms with Gasteiger partial charge < -0.3 is 10.1 Å². The Morgan fingerprint density at radius 1 is 1.45 bits per heavy atom. The lowest BCUT2D eigenvalue weighted by Crippen LogP contribution is -2.33. The highest BCUT2D eigenvalue weighted by Gasteiger charge is 2.28. The highest BCUT2D eigenvalue weighted by Crippen LogP contribution is 2.33. The number of anilines is 1. The third-order valence-corrected chi connectivity index (χ3v) is 3.88. The van der Waals surface area contributed by atoms with Crippen LogP contribution in [-0.4, -0.2) is 24.7 Å². The average molecular weight is 282 g/mol. The predicted molar refractivity (Wildman–Crippen MR) is 74.4 cm³/mol. The fourth-order valence-electron chi connectivity index (χ4n) is 2.31. The first-order valence-corrected chi connectivity index (χ1v) is 6.67. The number of nitrogens with one attached hydrogen (secondary N) is 1. The Morgan fingerprint density at radius 3 is 2.70 bits per heavy atom. The monoisotopic (exact) mass is 282 g/mol. The highest BCUT2D eigenvalue weighted by atomic mass is 19.1. The van der Waals surface area contributed by atoms with E-state index in [-0.39, 0.29) is 11.1 Å². The third-order valence-electron chi connectivity index (χ3n) is 3.88. The Balaban J connectivity index is 2.16. The fourth-order valence-corrected chi connectivity index (χ4v) is 2.31. The van der Waals surface area contributed by atoms with Crippen molar-refractivity contribution in [3.05, 3.63) is 33.6 Å². The van der Waals surface area contributed by atoms with Gasteiger partial charge in [-0.2, -0.15) is 0 Å². The summed E-state index contributed by atoms with van der Waals surface area (Å²) in [7, 11) is 0. The molecule has 1 heterocycles. The van der Waals surface area contributed by atoms with Crippen LogP contribution in [0, 0.1) is 28.3 Å². The molecule has 1 saturated heterocycles. The van der Waals surface area contributed by atoms with E-state index in [1.54, 1.807) is 6.92 Å². The van der Waals surface area contributed by atoms with Crippen LogP contribution < -0.4 is 5.32 Å². The van der Waals surface area contributed by atoms with Gasteiger partial charge in [0, 0.05) is 19.8 Å². The molecular weight excluding hydrogens is 263 g/mol. The molecule has 0 atom stereocenters. The maximum Gasteiger partial charge on any atom is 0.295 e.